The lowest BCUT2D eigenvalue weighted by molar-refractivity contribution is -0.930. The molecule has 7 nitrogen and oxygen atoms in total. The fraction of sp³-hybridized carbons (Fsp3) is 0.588. The lowest BCUT2D eigenvalue weighted by Gasteiger charge is -2.41. The van der Waals surface area contributed by atoms with E-state index in [4.69, 9.17) is 21.3 Å². The third-order valence-electron chi connectivity index (χ3n) is 4.98. The van der Waals surface area contributed by atoms with E-state index < -0.39 is 5.97 Å². The summed E-state index contributed by atoms with van der Waals surface area (Å²) < 4.78 is 6.34. The van der Waals surface area contributed by atoms with Crippen LogP contribution in [-0.2, 0) is 11.2 Å². The molecule has 7 heteroatoms. The maximum Gasteiger partial charge on any atom is 0.337 e. The number of nitrogens with one attached hydrogen (secondary N) is 1. The summed E-state index contributed by atoms with van der Waals surface area (Å²) >= 11 is 0. The molecule has 0 spiro atoms. The van der Waals surface area contributed by atoms with Gasteiger partial charge in [-0.2, -0.15) is 0 Å². The first-order valence-electron chi connectivity index (χ1n) is 8.44. The molecule has 1 aromatic rings. The molecule has 1 aliphatic rings. The third kappa shape index (κ3) is 4.37. The van der Waals surface area contributed by atoms with Gasteiger partial charge in [0.15, 0.2) is 0 Å². The number of nitrogens with two attached hydrogens (primary N) is 2. The summed E-state index contributed by atoms with van der Waals surface area (Å²) in [4.78, 5) is 11.1. The second kappa shape index (κ2) is 8.32. The van der Waals surface area contributed by atoms with Gasteiger partial charge in [-0.15, -0.1) is 0 Å². The first-order valence-corrected chi connectivity index (χ1v) is 8.44. The molecular weight excluding hydrogens is 308 g/mol. The van der Waals surface area contributed by atoms with Crippen molar-refractivity contribution in [2.24, 2.45) is 0 Å². The number of quaternary nitrogens is 1. The first kappa shape index (κ1) is 18.5. The number of carboxylic acids is 1. The molecule has 1 heterocycles. The normalized spacial score (nSPS) is 16.9. The van der Waals surface area contributed by atoms with Gasteiger partial charge in [0, 0.05) is 26.6 Å². The minimum Gasteiger partial charge on any atom is -0.478 e. The molecule has 1 aliphatic heterocycles. The van der Waals surface area contributed by atoms with Gasteiger partial charge in [0.05, 0.1) is 43.2 Å². The van der Waals surface area contributed by atoms with Crippen LogP contribution >= 0.6 is 0 Å². The number of hydrogen-bond donors (Lipinski definition) is 4. The highest BCUT2D eigenvalue weighted by Crippen LogP contribution is 2.26. The lowest BCUT2D eigenvalue weighted by atomic mass is 10.0. The number of aromatic carboxylic acids is 1. The molecular formula is C17H29N4O3+. The molecule has 1 saturated heterocycles. The number of rotatable bonds is 8. The van der Waals surface area contributed by atoms with Gasteiger partial charge in [-0.05, 0) is 18.1 Å². The Morgan fingerprint density at radius 2 is 1.96 bits per heavy atom. The average Bonchev–Trinajstić information content (AvgIpc) is 2.57. The van der Waals surface area contributed by atoms with Gasteiger partial charge in [-0.3, -0.25) is 0 Å². The number of carboxylic acid groups (broad SMARTS) is 1. The fourth-order valence-electron chi connectivity index (χ4n) is 3.40. The van der Waals surface area contributed by atoms with Crippen molar-refractivity contribution in [2.45, 2.75) is 12.8 Å². The lowest BCUT2D eigenvalue weighted by Crippen LogP contribution is -2.60. The Bertz CT molecular complexity index is 571. The highest BCUT2D eigenvalue weighted by molar-refractivity contribution is 5.97. The van der Waals surface area contributed by atoms with E-state index in [9.17, 15) is 4.79 Å². The third-order valence-corrected chi connectivity index (χ3v) is 4.98. The maximum absolute atomic E-state index is 11.1. The van der Waals surface area contributed by atoms with Crippen molar-refractivity contribution in [2.75, 3.05) is 64.5 Å². The van der Waals surface area contributed by atoms with E-state index in [0.717, 1.165) is 68.8 Å². The molecule has 0 aromatic heterocycles. The zero-order chi connectivity index (χ0) is 17.6. The molecule has 0 bridgehead atoms. The number of benzene rings is 1. The Morgan fingerprint density at radius 3 is 2.58 bits per heavy atom. The Kier molecular flexibility index (Phi) is 6.42. The summed E-state index contributed by atoms with van der Waals surface area (Å²) in [5, 5.41) is 12.5. The van der Waals surface area contributed by atoms with E-state index >= 15 is 0 Å². The number of anilines is 2. The topological polar surface area (TPSA) is 111 Å². The number of hydrogen-bond acceptors (Lipinski definition) is 5. The van der Waals surface area contributed by atoms with E-state index in [1.54, 1.807) is 19.2 Å². The molecule has 0 unspecified atom stereocenters. The van der Waals surface area contributed by atoms with Crippen molar-refractivity contribution in [3.8, 4) is 0 Å². The van der Waals surface area contributed by atoms with Crippen LogP contribution in [0.2, 0.25) is 0 Å². The van der Waals surface area contributed by atoms with Gasteiger partial charge >= 0.3 is 5.97 Å². The Morgan fingerprint density at radius 1 is 1.25 bits per heavy atom. The van der Waals surface area contributed by atoms with Crippen molar-refractivity contribution in [1.82, 2.24) is 5.32 Å². The van der Waals surface area contributed by atoms with Crippen molar-refractivity contribution < 1.29 is 19.1 Å². The quantitative estimate of drug-likeness (QED) is 0.407. The predicted octanol–water partition coefficient (Wildman–Crippen LogP) is 0.548. The van der Waals surface area contributed by atoms with Crippen LogP contribution in [0, 0.1) is 0 Å². The highest BCUT2D eigenvalue weighted by Gasteiger charge is 2.29. The van der Waals surface area contributed by atoms with Crippen LogP contribution < -0.4 is 16.8 Å². The standard InChI is InChI=1S/C17H28N4O3/c1-24-12-11-21(9-6-20-7-10-21)8-2-3-13-4-5-14(17(22)23)16(19)15(13)18/h4-5,20H,2-3,6-12,18-19H2,1H3/p+1. The van der Waals surface area contributed by atoms with Gasteiger partial charge in [0.1, 0.15) is 6.54 Å². The van der Waals surface area contributed by atoms with Gasteiger partial charge in [0.2, 0.25) is 0 Å². The maximum atomic E-state index is 11.1. The van der Waals surface area contributed by atoms with Crippen LogP contribution in [0.15, 0.2) is 12.1 Å². The molecule has 0 saturated carbocycles. The Hall–Kier alpha value is -1.83. The second-order valence-electron chi connectivity index (χ2n) is 6.49. The smallest absolute Gasteiger partial charge is 0.337 e. The van der Waals surface area contributed by atoms with E-state index in [0.29, 0.717) is 5.69 Å². The van der Waals surface area contributed by atoms with E-state index in [-0.39, 0.29) is 11.3 Å². The molecule has 1 fully saturated rings. The van der Waals surface area contributed by atoms with Crippen molar-refractivity contribution in [3.63, 3.8) is 0 Å². The predicted molar refractivity (Wildman–Crippen MR) is 95.0 cm³/mol. The van der Waals surface area contributed by atoms with Crippen LogP contribution in [0.5, 0.6) is 0 Å². The van der Waals surface area contributed by atoms with Gasteiger partial charge in [-0.1, -0.05) is 6.07 Å². The van der Waals surface area contributed by atoms with Gasteiger partial charge in [0.25, 0.3) is 0 Å². The Balaban J connectivity index is 1.99. The number of nitrogens with zero attached hydrogens (tertiary/aromatic N) is 1. The number of methoxy groups -OCH3 is 1. The van der Waals surface area contributed by atoms with Crippen molar-refractivity contribution in [3.05, 3.63) is 23.3 Å². The molecule has 0 radical (unpaired) electrons. The zero-order valence-electron chi connectivity index (χ0n) is 14.4. The molecule has 134 valence electrons. The largest absolute Gasteiger partial charge is 0.478 e. The van der Waals surface area contributed by atoms with Crippen LogP contribution in [0.4, 0.5) is 11.4 Å². The summed E-state index contributed by atoms with van der Waals surface area (Å²) in [7, 11) is 1.74. The minimum atomic E-state index is -1.05. The fourth-order valence-corrected chi connectivity index (χ4v) is 3.40. The van der Waals surface area contributed by atoms with Crippen molar-refractivity contribution >= 4 is 17.3 Å². The van der Waals surface area contributed by atoms with Crippen LogP contribution in [0.3, 0.4) is 0 Å². The molecule has 6 N–H and O–H groups in total. The van der Waals surface area contributed by atoms with Gasteiger partial charge < -0.3 is 31.1 Å². The van der Waals surface area contributed by atoms with Crippen LogP contribution in [-0.4, -0.2) is 68.5 Å². The number of ether oxygens (including phenoxy) is 1. The van der Waals surface area contributed by atoms with Crippen molar-refractivity contribution in [1.29, 1.82) is 0 Å². The number of carbonyl (C=O) groups is 1. The second-order valence-corrected chi connectivity index (χ2v) is 6.49. The summed E-state index contributed by atoms with van der Waals surface area (Å²) in [5.41, 5.74) is 13.5. The molecule has 2 rings (SSSR count). The summed E-state index contributed by atoms with van der Waals surface area (Å²) in [6, 6.07) is 3.33. The molecule has 24 heavy (non-hydrogen) atoms. The first-order chi connectivity index (χ1) is 11.5. The van der Waals surface area contributed by atoms with E-state index in [1.807, 2.05) is 0 Å². The Labute approximate surface area is 143 Å². The summed E-state index contributed by atoms with van der Waals surface area (Å²) in [6.45, 7) is 7.14. The summed E-state index contributed by atoms with van der Waals surface area (Å²) in [6.07, 6.45) is 1.79. The molecule has 1 aromatic carbocycles. The molecule has 0 amide bonds. The monoisotopic (exact) mass is 337 g/mol. The van der Waals surface area contributed by atoms with E-state index in [1.165, 1.54) is 0 Å². The molecule has 0 aliphatic carbocycles. The van der Waals surface area contributed by atoms with Gasteiger partial charge in [-0.25, -0.2) is 4.79 Å². The average molecular weight is 337 g/mol. The minimum absolute atomic E-state index is 0.0713. The zero-order valence-corrected chi connectivity index (χ0v) is 14.4. The SMILES string of the molecule is COCC[N+]1(CCCc2ccc(C(=O)O)c(N)c2N)CCNCC1. The number of nitrogen functional groups attached to an aromatic ring is 2. The van der Waals surface area contributed by atoms with E-state index in [2.05, 4.69) is 5.32 Å². The summed E-state index contributed by atoms with van der Waals surface area (Å²) in [5.74, 6) is -1.05. The number of aryl methyl sites for hydroxylation is 1. The van der Waals surface area contributed by atoms with Crippen LogP contribution in [0.25, 0.3) is 0 Å². The molecule has 0 atom stereocenters. The van der Waals surface area contributed by atoms with Crippen LogP contribution in [0.1, 0.15) is 22.3 Å². The highest BCUT2D eigenvalue weighted by atomic mass is 16.5. The number of piperazine rings is 1.